The van der Waals surface area contributed by atoms with Crippen LogP contribution in [0.2, 0.25) is 5.02 Å². The molecule has 0 spiro atoms. The molecule has 0 heterocycles. The van der Waals surface area contributed by atoms with Gasteiger partial charge in [-0.3, -0.25) is 10.1 Å². The molecule has 1 aliphatic rings. The molecule has 1 aromatic carbocycles. The van der Waals surface area contributed by atoms with E-state index in [1.54, 1.807) is 13.0 Å². The van der Waals surface area contributed by atoms with Crippen LogP contribution in [0.4, 0.5) is 11.4 Å². The van der Waals surface area contributed by atoms with Crippen LogP contribution in [0.25, 0.3) is 0 Å². The molecule has 2 rings (SSSR count). The lowest BCUT2D eigenvalue weighted by atomic mass is 9.93. The molecule has 0 bridgehead atoms. The third-order valence-corrected chi connectivity index (χ3v) is 3.35. The minimum absolute atomic E-state index is 0.105. The number of hydrogen-bond acceptors (Lipinski definition) is 3. The van der Waals surface area contributed by atoms with Crippen LogP contribution in [-0.4, -0.2) is 11.0 Å². The Balaban J connectivity index is 0.000000771. The van der Waals surface area contributed by atoms with Crippen molar-refractivity contribution in [3.05, 3.63) is 32.8 Å². The van der Waals surface area contributed by atoms with E-state index < -0.39 is 0 Å². The topological polar surface area (TPSA) is 55.2 Å². The normalized spacial score (nSPS) is 14.2. The minimum Gasteiger partial charge on any atom is -0.377 e. The van der Waals surface area contributed by atoms with E-state index in [9.17, 15) is 10.1 Å². The van der Waals surface area contributed by atoms with E-state index in [0.29, 0.717) is 16.8 Å². The van der Waals surface area contributed by atoms with Gasteiger partial charge in [-0.2, -0.15) is 0 Å². The maximum absolute atomic E-state index is 10.9. The maximum Gasteiger partial charge on any atom is 0.292 e. The van der Waals surface area contributed by atoms with Gasteiger partial charge in [0, 0.05) is 17.1 Å². The summed E-state index contributed by atoms with van der Waals surface area (Å²) in [7, 11) is 0. The molecule has 5 heteroatoms. The lowest BCUT2D eigenvalue weighted by Crippen LogP contribution is -2.27. The Kier molecular flexibility index (Phi) is 5.41. The Morgan fingerprint density at radius 3 is 2.44 bits per heavy atom. The van der Waals surface area contributed by atoms with Crippen LogP contribution < -0.4 is 5.32 Å². The second kappa shape index (κ2) is 6.59. The second-order valence-electron chi connectivity index (χ2n) is 4.15. The van der Waals surface area contributed by atoms with E-state index in [0.717, 1.165) is 18.4 Å². The van der Waals surface area contributed by atoms with E-state index in [-0.39, 0.29) is 10.6 Å². The molecule has 0 unspecified atom stereocenters. The van der Waals surface area contributed by atoms with Crippen molar-refractivity contribution in [3.63, 3.8) is 0 Å². The molecule has 1 N–H and O–H groups in total. The van der Waals surface area contributed by atoms with Crippen LogP contribution >= 0.6 is 11.6 Å². The number of nitro benzene ring substituents is 1. The average molecular weight is 271 g/mol. The third-order valence-electron chi connectivity index (χ3n) is 2.94. The molecule has 1 saturated carbocycles. The first kappa shape index (κ1) is 14.8. The van der Waals surface area contributed by atoms with Gasteiger partial charge in [-0.1, -0.05) is 25.4 Å². The number of hydrogen-bond donors (Lipinski definition) is 1. The standard InChI is InChI=1S/C11H13ClN2O2.C2H6/c1-7-5-11(14(15)16)10(6-9(7)12)13-8-3-2-4-8;1-2/h5-6,8,13H,2-4H2,1H3;1-2H3. The predicted molar refractivity (Wildman–Crippen MR) is 75.5 cm³/mol. The number of benzene rings is 1. The van der Waals surface area contributed by atoms with E-state index in [2.05, 4.69) is 5.32 Å². The Morgan fingerprint density at radius 1 is 1.39 bits per heavy atom. The Labute approximate surface area is 112 Å². The maximum atomic E-state index is 10.9. The van der Waals surface area contributed by atoms with Crippen LogP contribution in [0.15, 0.2) is 12.1 Å². The first-order chi connectivity index (χ1) is 8.58. The summed E-state index contributed by atoms with van der Waals surface area (Å²) in [5.74, 6) is 0. The smallest absolute Gasteiger partial charge is 0.292 e. The molecule has 0 aromatic heterocycles. The van der Waals surface area contributed by atoms with Crippen molar-refractivity contribution in [2.75, 3.05) is 5.32 Å². The minimum atomic E-state index is -0.371. The lowest BCUT2D eigenvalue weighted by molar-refractivity contribution is -0.384. The summed E-state index contributed by atoms with van der Waals surface area (Å²) in [5.41, 5.74) is 1.37. The molecule has 1 aromatic rings. The van der Waals surface area contributed by atoms with Crippen molar-refractivity contribution in [3.8, 4) is 0 Å². The van der Waals surface area contributed by atoms with Gasteiger partial charge in [-0.05, 0) is 37.8 Å². The first-order valence-electron chi connectivity index (χ1n) is 6.29. The van der Waals surface area contributed by atoms with Gasteiger partial charge in [0.25, 0.3) is 5.69 Å². The van der Waals surface area contributed by atoms with Crippen LogP contribution in [0, 0.1) is 17.0 Å². The van der Waals surface area contributed by atoms with Crippen LogP contribution in [-0.2, 0) is 0 Å². The van der Waals surface area contributed by atoms with Crippen LogP contribution in [0.1, 0.15) is 38.7 Å². The van der Waals surface area contributed by atoms with Gasteiger partial charge in [-0.25, -0.2) is 0 Å². The Bertz CT molecular complexity index is 431. The van der Waals surface area contributed by atoms with Crippen molar-refractivity contribution < 1.29 is 4.92 Å². The van der Waals surface area contributed by atoms with Crippen molar-refractivity contribution in [2.45, 2.75) is 46.1 Å². The molecule has 4 nitrogen and oxygen atoms in total. The summed E-state index contributed by atoms with van der Waals surface area (Å²) in [5, 5.41) is 14.6. The molecule has 0 aliphatic heterocycles. The van der Waals surface area contributed by atoms with E-state index in [4.69, 9.17) is 11.6 Å². The zero-order chi connectivity index (χ0) is 13.7. The fourth-order valence-corrected chi connectivity index (χ4v) is 1.87. The average Bonchev–Trinajstić information content (AvgIpc) is 2.30. The summed E-state index contributed by atoms with van der Waals surface area (Å²) in [6, 6.07) is 3.52. The zero-order valence-electron chi connectivity index (χ0n) is 11.0. The predicted octanol–water partition coefficient (Wildman–Crippen LogP) is 4.55. The molecule has 18 heavy (non-hydrogen) atoms. The molecule has 1 fully saturated rings. The number of anilines is 1. The molecule has 1 aliphatic carbocycles. The quantitative estimate of drug-likeness (QED) is 0.648. The van der Waals surface area contributed by atoms with Gasteiger partial charge in [0.2, 0.25) is 0 Å². The summed E-state index contributed by atoms with van der Waals surface area (Å²) in [4.78, 5) is 10.5. The van der Waals surface area contributed by atoms with Crippen molar-refractivity contribution >= 4 is 23.0 Å². The van der Waals surface area contributed by atoms with Crippen LogP contribution in [0.3, 0.4) is 0 Å². The van der Waals surface area contributed by atoms with Gasteiger partial charge in [0.15, 0.2) is 0 Å². The Hall–Kier alpha value is -1.29. The highest BCUT2D eigenvalue weighted by molar-refractivity contribution is 6.31. The number of aryl methyl sites for hydroxylation is 1. The number of nitro groups is 1. The largest absolute Gasteiger partial charge is 0.377 e. The van der Waals surface area contributed by atoms with Gasteiger partial charge in [0.05, 0.1) is 4.92 Å². The molecule has 0 radical (unpaired) electrons. The second-order valence-corrected chi connectivity index (χ2v) is 4.56. The highest BCUT2D eigenvalue weighted by atomic mass is 35.5. The highest BCUT2D eigenvalue weighted by Crippen LogP contribution is 2.33. The fraction of sp³-hybridized carbons (Fsp3) is 0.538. The monoisotopic (exact) mass is 270 g/mol. The van der Waals surface area contributed by atoms with Crippen molar-refractivity contribution in [1.82, 2.24) is 0 Å². The first-order valence-corrected chi connectivity index (χ1v) is 6.67. The number of halogens is 1. The number of rotatable bonds is 3. The molecular formula is C13H19ClN2O2. The summed E-state index contributed by atoms with van der Waals surface area (Å²) >= 11 is 5.97. The summed E-state index contributed by atoms with van der Waals surface area (Å²) in [6.07, 6.45) is 3.33. The van der Waals surface area contributed by atoms with Gasteiger partial charge >= 0.3 is 0 Å². The van der Waals surface area contributed by atoms with Crippen LogP contribution in [0.5, 0.6) is 0 Å². The number of nitrogens with one attached hydrogen (secondary N) is 1. The molecule has 0 atom stereocenters. The zero-order valence-corrected chi connectivity index (χ0v) is 11.8. The lowest BCUT2D eigenvalue weighted by Gasteiger charge is -2.27. The highest BCUT2D eigenvalue weighted by Gasteiger charge is 2.22. The molecule has 100 valence electrons. The summed E-state index contributed by atoms with van der Waals surface area (Å²) in [6.45, 7) is 5.77. The molecule has 0 amide bonds. The van der Waals surface area contributed by atoms with E-state index in [1.807, 2.05) is 13.8 Å². The van der Waals surface area contributed by atoms with Gasteiger partial charge < -0.3 is 5.32 Å². The molecule has 0 saturated heterocycles. The summed E-state index contributed by atoms with van der Waals surface area (Å²) < 4.78 is 0. The fourth-order valence-electron chi connectivity index (χ4n) is 1.71. The third kappa shape index (κ3) is 3.35. The van der Waals surface area contributed by atoms with Gasteiger partial charge in [0.1, 0.15) is 5.69 Å². The van der Waals surface area contributed by atoms with E-state index in [1.165, 1.54) is 12.5 Å². The SMILES string of the molecule is CC.Cc1cc([N+](=O)[O-])c(NC2CCC2)cc1Cl. The van der Waals surface area contributed by atoms with Gasteiger partial charge in [-0.15, -0.1) is 0 Å². The van der Waals surface area contributed by atoms with Crippen molar-refractivity contribution in [1.29, 1.82) is 0 Å². The Morgan fingerprint density at radius 2 is 2.00 bits per heavy atom. The molecular weight excluding hydrogens is 252 g/mol. The van der Waals surface area contributed by atoms with E-state index >= 15 is 0 Å². The number of nitrogens with zero attached hydrogens (tertiary/aromatic N) is 1. The van der Waals surface area contributed by atoms with Crippen molar-refractivity contribution in [2.24, 2.45) is 0 Å².